The summed E-state index contributed by atoms with van der Waals surface area (Å²) in [6.45, 7) is 6.23. The van der Waals surface area contributed by atoms with E-state index in [-0.39, 0.29) is 17.9 Å². The molecule has 2 aromatic rings. The van der Waals surface area contributed by atoms with Gasteiger partial charge in [-0.1, -0.05) is 25.3 Å². The Bertz CT molecular complexity index is 884. The molecule has 0 aliphatic heterocycles. The maximum atomic E-state index is 13.7. The van der Waals surface area contributed by atoms with Gasteiger partial charge in [0.25, 0.3) is 5.91 Å². The van der Waals surface area contributed by atoms with Crippen molar-refractivity contribution in [2.75, 3.05) is 6.61 Å². The Hall–Kier alpha value is -2.63. The molecule has 0 spiro atoms. The Labute approximate surface area is 171 Å². The Balaban J connectivity index is 1.93. The second-order valence-electron chi connectivity index (χ2n) is 7.68. The number of hydrogen-bond donors (Lipinski definition) is 1. The van der Waals surface area contributed by atoms with E-state index in [4.69, 9.17) is 4.74 Å². The molecule has 29 heavy (non-hydrogen) atoms. The lowest BCUT2D eigenvalue weighted by atomic mass is 9.93. The molecule has 1 heterocycles. The fourth-order valence-electron chi connectivity index (χ4n) is 4.15. The van der Waals surface area contributed by atoms with E-state index >= 15 is 0 Å². The first-order valence-corrected chi connectivity index (χ1v) is 10.3. The number of nitrogens with one attached hydrogen (secondary N) is 1. The van der Waals surface area contributed by atoms with Gasteiger partial charge < -0.3 is 14.6 Å². The van der Waals surface area contributed by atoms with Gasteiger partial charge in [-0.2, -0.15) is 0 Å². The zero-order valence-electron chi connectivity index (χ0n) is 17.4. The summed E-state index contributed by atoms with van der Waals surface area (Å²) in [5.74, 6) is -0.979. The van der Waals surface area contributed by atoms with E-state index in [1.54, 1.807) is 19.1 Å². The molecule has 1 saturated carbocycles. The van der Waals surface area contributed by atoms with Gasteiger partial charge in [0.1, 0.15) is 11.5 Å². The number of aromatic nitrogens is 1. The van der Waals surface area contributed by atoms with Gasteiger partial charge in [0.2, 0.25) is 0 Å². The molecule has 3 rings (SSSR count). The molecule has 0 saturated heterocycles. The summed E-state index contributed by atoms with van der Waals surface area (Å²) >= 11 is 0. The summed E-state index contributed by atoms with van der Waals surface area (Å²) in [7, 11) is 0. The lowest BCUT2D eigenvalue weighted by Crippen LogP contribution is -2.41. The van der Waals surface area contributed by atoms with E-state index in [1.807, 2.05) is 18.7 Å². The van der Waals surface area contributed by atoms with Crippen LogP contribution in [-0.4, -0.2) is 34.4 Å². The Morgan fingerprint density at radius 2 is 1.93 bits per heavy atom. The quantitative estimate of drug-likeness (QED) is 0.700. The van der Waals surface area contributed by atoms with Crippen LogP contribution < -0.4 is 0 Å². The minimum absolute atomic E-state index is 0.110. The standard InChI is InChI=1S/C23H29FN2O3/c1-4-29-23(28)21-15(2)20(16(3)25-21)14-26(19-11-6-5-7-12-19)22(27)17-9-8-10-18(24)13-17/h8-10,13,19,25H,4-7,11-12,14H2,1-3H3. The van der Waals surface area contributed by atoms with Crippen molar-refractivity contribution in [3.05, 3.63) is 58.2 Å². The predicted octanol–water partition coefficient (Wildman–Crippen LogP) is 4.92. The van der Waals surface area contributed by atoms with E-state index in [2.05, 4.69) is 4.98 Å². The molecule has 5 nitrogen and oxygen atoms in total. The summed E-state index contributed by atoms with van der Waals surface area (Å²) in [5.41, 5.74) is 3.35. The third-order valence-electron chi connectivity index (χ3n) is 5.75. The van der Waals surface area contributed by atoms with Gasteiger partial charge in [-0.05, 0) is 62.9 Å². The molecule has 0 unspecified atom stereocenters. The van der Waals surface area contributed by atoms with Crippen LogP contribution in [0.15, 0.2) is 24.3 Å². The Morgan fingerprint density at radius 3 is 2.59 bits per heavy atom. The molecule has 6 heteroatoms. The van der Waals surface area contributed by atoms with Crippen molar-refractivity contribution < 1.29 is 18.7 Å². The summed E-state index contributed by atoms with van der Waals surface area (Å²) in [6.07, 6.45) is 5.21. The number of carbonyl (C=O) groups excluding carboxylic acids is 2. The third-order valence-corrected chi connectivity index (χ3v) is 5.75. The number of hydrogen-bond acceptors (Lipinski definition) is 3. The zero-order valence-corrected chi connectivity index (χ0v) is 17.4. The highest BCUT2D eigenvalue weighted by Gasteiger charge is 2.29. The largest absolute Gasteiger partial charge is 0.461 e. The van der Waals surface area contributed by atoms with Crippen LogP contribution in [0.5, 0.6) is 0 Å². The van der Waals surface area contributed by atoms with Gasteiger partial charge in [-0.3, -0.25) is 4.79 Å². The molecular weight excluding hydrogens is 371 g/mol. The van der Waals surface area contributed by atoms with E-state index in [0.717, 1.165) is 42.5 Å². The van der Waals surface area contributed by atoms with Crippen LogP contribution in [0.2, 0.25) is 0 Å². The first-order chi connectivity index (χ1) is 13.9. The normalized spacial score (nSPS) is 14.6. The van der Waals surface area contributed by atoms with E-state index in [0.29, 0.717) is 24.4 Å². The van der Waals surface area contributed by atoms with Gasteiger partial charge in [-0.25, -0.2) is 9.18 Å². The van der Waals surface area contributed by atoms with E-state index in [9.17, 15) is 14.0 Å². The van der Waals surface area contributed by atoms with Crippen LogP contribution in [-0.2, 0) is 11.3 Å². The fourth-order valence-corrected chi connectivity index (χ4v) is 4.15. The van der Waals surface area contributed by atoms with Crippen LogP contribution in [0.4, 0.5) is 4.39 Å². The maximum Gasteiger partial charge on any atom is 0.355 e. The van der Waals surface area contributed by atoms with Gasteiger partial charge in [0.05, 0.1) is 6.61 Å². The van der Waals surface area contributed by atoms with Crippen LogP contribution in [0.1, 0.15) is 76.7 Å². The monoisotopic (exact) mass is 400 g/mol. The number of H-pyrrole nitrogens is 1. The number of aromatic amines is 1. The van der Waals surface area contributed by atoms with Crippen molar-refractivity contribution in [1.82, 2.24) is 9.88 Å². The smallest absolute Gasteiger partial charge is 0.355 e. The number of benzene rings is 1. The first-order valence-electron chi connectivity index (χ1n) is 10.3. The first kappa shape index (κ1) is 21.1. The molecular formula is C23H29FN2O3. The fraction of sp³-hybridized carbons (Fsp3) is 0.478. The van der Waals surface area contributed by atoms with Gasteiger partial charge >= 0.3 is 5.97 Å². The zero-order chi connectivity index (χ0) is 21.0. The number of esters is 1. The molecule has 156 valence electrons. The molecule has 1 N–H and O–H groups in total. The minimum atomic E-state index is -0.418. The van der Waals surface area contributed by atoms with Gasteiger partial charge in [0.15, 0.2) is 0 Å². The minimum Gasteiger partial charge on any atom is -0.461 e. The highest BCUT2D eigenvalue weighted by atomic mass is 19.1. The van der Waals surface area contributed by atoms with Crippen molar-refractivity contribution in [2.24, 2.45) is 0 Å². The summed E-state index contributed by atoms with van der Waals surface area (Å²) in [5, 5.41) is 0. The molecule has 1 amide bonds. The molecule has 1 aromatic carbocycles. The SMILES string of the molecule is CCOC(=O)c1[nH]c(C)c(CN(C(=O)c2cccc(F)c2)C2CCCCC2)c1C. The van der Waals surface area contributed by atoms with Crippen molar-refractivity contribution in [3.8, 4) is 0 Å². The Morgan fingerprint density at radius 1 is 1.21 bits per heavy atom. The van der Waals surface area contributed by atoms with Gasteiger partial charge in [0, 0.05) is 23.8 Å². The number of carbonyl (C=O) groups is 2. The number of aryl methyl sites for hydroxylation is 1. The summed E-state index contributed by atoms with van der Waals surface area (Å²) in [4.78, 5) is 30.5. The second-order valence-corrected chi connectivity index (χ2v) is 7.68. The van der Waals surface area contributed by atoms with Crippen molar-refractivity contribution in [2.45, 2.75) is 65.5 Å². The van der Waals surface area contributed by atoms with Crippen molar-refractivity contribution >= 4 is 11.9 Å². The molecule has 0 atom stereocenters. The predicted molar refractivity (Wildman–Crippen MR) is 109 cm³/mol. The second kappa shape index (κ2) is 9.25. The lowest BCUT2D eigenvalue weighted by molar-refractivity contribution is 0.0519. The summed E-state index contributed by atoms with van der Waals surface area (Å²) < 4.78 is 18.9. The molecule has 1 aliphatic carbocycles. The van der Waals surface area contributed by atoms with Crippen molar-refractivity contribution in [1.29, 1.82) is 0 Å². The molecule has 0 bridgehead atoms. The van der Waals surface area contributed by atoms with Gasteiger partial charge in [-0.15, -0.1) is 0 Å². The average molecular weight is 400 g/mol. The topological polar surface area (TPSA) is 62.4 Å². The van der Waals surface area contributed by atoms with Crippen LogP contribution in [0.25, 0.3) is 0 Å². The highest BCUT2D eigenvalue weighted by Crippen LogP contribution is 2.28. The Kier molecular flexibility index (Phi) is 6.72. The molecule has 1 aromatic heterocycles. The maximum absolute atomic E-state index is 13.7. The number of rotatable bonds is 6. The van der Waals surface area contributed by atoms with E-state index in [1.165, 1.54) is 18.6 Å². The average Bonchev–Trinajstić information content (AvgIpc) is 3.00. The number of amides is 1. The molecule has 1 aliphatic rings. The molecule has 0 radical (unpaired) electrons. The number of halogens is 1. The number of nitrogens with zero attached hydrogens (tertiary/aromatic N) is 1. The third kappa shape index (κ3) is 4.69. The van der Waals surface area contributed by atoms with Crippen LogP contribution in [0.3, 0.4) is 0 Å². The van der Waals surface area contributed by atoms with Crippen LogP contribution >= 0.6 is 0 Å². The lowest BCUT2D eigenvalue weighted by Gasteiger charge is -2.35. The summed E-state index contributed by atoms with van der Waals surface area (Å²) in [6, 6.07) is 5.96. The van der Waals surface area contributed by atoms with Crippen molar-refractivity contribution in [3.63, 3.8) is 0 Å². The highest BCUT2D eigenvalue weighted by molar-refractivity contribution is 5.94. The van der Waals surface area contributed by atoms with Crippen LogP contribution in [0, 0.1) is 19.7 Å². The number of ether oxygens (including phenoxy) is 1. The van der Waals surface area contributed by atoms with E-state index < -0.39 is 5.82 Å². The molecule has 1 fully saturated rings.